The highest BCUT2D eigenvalue weighted by Gasteiger charge is 2.25. The number of rotatable bonds is 3. The highest BCUT2D eigenvalue weighted by molar-refractivity contribution is 6.11. The van der Waals surface area contributed by atoms with Crippen LogP contribution in [0.4, 0.5) is 0 Å². The summed E-state index contributed by atoms with van der Waals surface area (Å²) in [6.07, 6.45) is 0.706. The molecule has 0 saturated carbocycles. The van der Waals surface area contributed by atoms with E-state index in [1.54, 1.807) is 21.3 Å². The Kier molecular flexibility index (Phi) is 3.95. The molecular weight excluding hydrogens is 332 g/mol. The highest BCUT2D eigenvalue weighted by Crippen LogP contribution is 2.42. The van der Waals surface area contributed by atoms with Gasteiger partial charge in [0, 0.05) is 23.0 Å². The second-order valence-electron chi connectivity index (χ2n) is 6.16. The number of ether oxygens (including phenoxy) is 3. The van der Waals surface area contributed by atoms with Crippen LogP contribution in [0.3, 0.4) is 0 Å². The van der Waals surface area contributed by atoms with Crippen LogP contribution in [-0.2, 0) is 6.42 Å². The topological polar surface area (TPSA) is 72.6 Å². The van der Waals surface area contributed by atoms with E-state index < -0.39 is 0 Å². The predicted octanol–water partition coefficient (Wildman–Crippen LogP) is 3.15. The van der Waals surface area contributed by atoms with Gasteiger partial charge in [-0.1, -0.05) is 0 Å². The zero-order valence-electron chi connectivity index (χ0n) is 14.9. The van der Waals surface area contributed by atoms with Gasteiger partial charge in [-0.15, -0.1) is 0 Å². The first-order chi connectivity index (χ1) is 12.7. The van der Waals surface area contributed by atoms with Gasteiger partial charge < -0.3 is 24.5 Å². The Morgan fingerprint density at radius 1 is 0.962 bits per heavy atom. The van der Waals surface area contributed by atoms with Gasteiger partial charge in [-0.25, -0.2) is 0 Å². The molecule has 1 amide bonds. The molecule has 0 atom stereocenters. The van der Waals surface area contributed by atoms with Crippen LogP contribution >= 0.6 is 0 Å². The number of methoxy groups -OCH3 is 3. The number of carbonyl (C=O) groups excluding carboxylic acids is 1. The molecular formula is C20H20N2O4. The molecule has 0 radical (unpaired) electrons. The number of nitrogens with one attached hydrogen (secondary N) is 2. The molecule has 3 aromatic rings. The monoisotopic (exact) mass is 352 g/mol. The van der Waals surface area contributed by atoms with Gasteiger partial charge in [0.2, 0.25) is 0 Å². The Morgan fingerprint density at radius 3 is 2.46 bits per heavy atom. The fourth-order valence-electron chi connectivity index (χ4n) is 3.51. The lowest BCUT2D eigenvalue weighted by Gasteiger charge is -2.18. The van der Waals surface area contributed by atoms with Crippen LogP contribution in [0.2, 0.25) is 0 Å². The summed E-state index contributed by atoms with van der Waals surface area (Å²) in [5.74, 6) is 1.94. The van der Waals surface area contributed by atoms with Gasteiger partial charge in [-0.05, 0) is 47.9 Å². The van der Waals surface area contributed by atoms with Crippen molar-refractivity contribution in [1.29, 1.82) is 0 Å². The van der Waals surface area contributed by atoms with E-state index in [1.165, 1.54) is 0 Å². The van der Waals surface area contributed by atoms with Crippen LogP contribution < -0.4 is 19.5 Å². The van der Waals surface area contributed by atoms with Gasteiger partial charge >= 0.3 is 0 Å². The number of aromatic amines is 1. The summed E-state index contributed by atoms with van der Waals surface area (Å²) >= 11 is 0. The van der Waals surface area contributed by atoms with Crippen molar-refractivity contribution < 1.29 is 19.0 Å². The fraction of sp³-hybridized carbons (Fsp3) is 0.250. The maximum Gasteiger partial charge on any atom is 0.268 e. The minimum atomic E-state index is -0.115. The summed E-state index contributed by atoms with van der Waals surface area (Å²) in [4.78, 5) is 15.9. The quantitative estimate of drug-likeness (QED) is 0.760. The maximum atomic E-state index is 12.6. The van der Waals surface area contributed by atoms with Crippen LogP contribution in [0.15, 0.2) is 30.3 Å². The first-order valence-corrected chi connectivity index (χ1v) is 8.39. The molecule has 0 saturated heterocycles. The van der Waals surface area contributed by atoms with E-state index in [9.17, 15) is 4.79 Å². The van der Waals surface area contributed by atoms with E-state index in [0.717, 1.165) is 33.3 Å². The van der Waals surface area contributed by atoms with E-state index in [-0.39, 0.29) is 5.91 Å². The predicted molar refractivity (Wildman–Crippen MR) is 99.4 cm³/mol. The minimum Gasteiger partial charge on any atom is -0.497 e. The molecule has 134 valence electrons. The summed E-state index contributed by atoms with van der Waals surface area (Å²) < 4.78 is 16.3. The molecule has 0 bridgehead atoms. The van der Waals surface area contributed by atoms with Gasteiger partial charge in [0.1, 0.15) is 11.4 Å². The molecule has 6 nitrogen and oxygen atoms in total. The molecule has 1 aliphatic heterocycles. The van der Waals surface area contributed by atoms with Crippen molar-refractivity contribution in [3.8, 4) is 28.4 Å². The normalized spacial score (nSPS) is 13.3. The number of H-pyrrole nitrogens is 1. The molecule has 0 aliphatic carbocycles. The number of fused-ring (bicyclic) bond motifs is 5. The maximum absolute atomic E-state index is 12.6. The van der Waals surface area contributed by atoms with Crippen molar-refractivity contribution in [1.82, 2.24) is 10.3 Å². The number of amides is 1. The third-order valence-corrected chi connectivity index (χ3v) is 4.79. The third kappa shape index (κ3) is 2.45. The van der Waals surface area contributed by atoms with Gasteiger partial charge in [0.05, 0.1) is 21.3 Å². The number of aromatic nitrogens is 1. The number of benzene rings is 2. The second kappa shape index (κ2) is 6.29. The molecule has 1 aromatic heterocycles. The molecule has 2 heterocycles. The fourth-order valence-corrected chi connectivity index (χ4v) is 3.51. The van der Waals surface area contributed by atoms with E-state index in [4.69, 9.17) is 14.2 Å². The summed E-state index contributed by atoms with van der Waals surface area (Å²) in [7, 11) is 4.86. The lowest BCUT2D eigenvalue weighted by molar-refractivity contribution is 0.0950. The van der Waals surface area contributed by atoms with Crippen molar-refractivity contribution >= 4 is 16.8 Å². The summed E-state index contributed by atoms with van der Waals surface area (Å²) in [5.41, 5.74) is 4.33. The summed E-state index contributed by atoms with van der Waals surface area (Å²) in [5, 5.41) is 3.90. The molecule has 26 heavy (non-hydrogen) atoms. The first kappa shape index (κ1) is 16.3. The summed E-state index contributed by atoms with van der Waals surface area (Å²) in [6.45, 7) is 0.555. The van der Waals surface area contributed by atoms with Gasteiger partial charge in [0.25, 0.3) is 5.91 Å². The van der Waals surface area contributed by atoms with Crippen molar-refractivity contribution in [2.24, 2.45) is 0 Å². The molecule has 1 aliphatic rings. The molecule has 0 fully saturated rings. The average molecular weight is 352 g/mol. The zero-order valence-corrected chi connectivity index (χ0v) is 14.9. The standard InChI is InChI=1S/C20H20N2O4/c1-24-12-4-5-15-14(9-12)18-13-10-17(26-3)16(25-2)8-11(13)6-7-21-20(23)19(18)22-15/h4-5,8-10,22H,6-7H2,1-3H3,(H,21,23). The molecule has 4 rings (SSSR count). The average Bonchev–Trinajstić information content (AvgIpc) is 3.04. The number of hydrogen-bond acceptors (Lipinski definition) is 4. The van der Waals surface area contributed by atoms with Gasteiger partial charge in [-0.3, -0.25) is 4.79 Å². The van der Waals surface area contributed by atoms with Crippen molar-refractivity contribution in [3.63, 3.8) is 0 Å². The van der Waals surface area contributed by atoms with Crippen LogP contribution in [-0.4, -0.2) is 38.8 Å². The highest BCUT2D eigenvalue weighted by atomic mass is 16.5. The zero-order chi connectivity index (χ0) is 18.3. The van der Waals surface area contributed by atoms with Gasteiger partial charge in [-0.2, -0.15) is 0 Å². The minimum absolute atomic E-state index is 0.115. The Balaban J connectivity index is 2.08. The Hall–Kier alpha value is -3.15. The smallest absolute Gasteiger partial charge is 0.268 e. The first-order valence-electron chi connectivity index (χ1n) is 8.39. The lowest BCUT2D eigenvalue weighted by Crippen LogP contribution is -2.28. The van der Waals surface area contributed by atoms with Crippen LogP contribution in [0.25, 0.3) is 22.0 Å². The second-order valence-corrected chi connectivity index (χ2v) is 6.16. The SMILES string of the molecule is COc1ccc2[nH]c3c(c2c1)-c1cc(OC)c(OC)cc1CCNC3=O. The lowest BCUT2D eigenvalue weighted by atomic mass is 9.93. The van der Waals surface area contributed by atoms with E-state index in [0.29, 0.717) is 30.2 Å². The van der Waals surface area contributed by atoms with Crippen LogP contribution in [0, 0.1) is 0 Å². The summed E-state index contributed by atoms with van der Waals surface area (Å²) in [6, 6.07) is 9.67. The Bertz CT molecular complexity index is 1010. The third-order valence-electron chi connectivity index (χ3n) is 4.79. The molecule has 2 N–H and O–H groups in total. The van der Waals surface area contributed by atoms with Crippen molar-refractivity contribution in [3.05, 3.63) is 41.6 Å². The molecule has 6 heteroatoms. The number of carbonyl (C=O) groups is 1. The van der Waals surface area contributed by atoms with E-state index in [1.807, 2.05) is 30.3 Å². The van der Waals surface area contributed by atoms with E-state index in [2.05, 4.69) is 10.3 Å². The Morgan fingerprint density at radius 2 is 1.73 bits per heavy atom. The molecule has 2 aromatic carbocycles. The Labute approximate surface area is 151 Å². The van der Waals surface area contributed by atoms with E-state index >= 15 is 0 Å². The van der Waals surface area contributed by atoms with Crippen LogP contribution in [0.1, 0.15) is 16.1 Å². The van der Waals surface area contributed by atoms with Crippen molar-refractivity contribution in [2.75, 3.05) is 27.9 Å². The number of hydrogen-bond donors (Lipinski definition) is 2. The largest absolute Gasteiger partial charge is 0.497 e. The molecule has 0 unspecified atom stereocenters. The van der Waals surface area contributed by atoms with Crippen molar-refractivity contribution in [2.45, 2.75) is 6.42 Å². The van der Waals surface area contributed by atoms with Gasteiger partial charge in [0.15, 0.2) is 11.5 Å². The van der Waals surface area contributed by atoms with Crippen LogP contribution in [0.5, 0.6) is 17.2 Å². The molecule has 0 spiro atoms.